The van der Waals surface area contributed by atoms with Crippen LogP contribution < -0.4 is 25.3 Å². The summed E-state index contributed by atoms with van der Waals surface area (Å²) in [5.41, 5.74) is 8.10. The Bertz CT molecular complexity index is 1050. The van der Waals surface area contributed by atoms with E-state index in [-0.39, 0.29) is 6.04 Å². The molecule has 1 atom stereocenters. The van der Waals surface area contributed by atoms with E-state index in [2.05, 4.69) is 32.3 Å². The molecular weight excluding hydrogens is 410 g/mol. The van der Waals surface area contributed by atoms with Gasteiger partial charge in [0.05, 0.1) is 46.1 Å². The Morgan fingerprint density at radius 3 is 2.34 bits per heavy atom. The summed E-state index contributed by atoms with van der Waals surface area (Å²) in [5, 5.41) is 4.10. The molecule has 0 amide bonds. The highest BCUT2D eigenvalue weighted by Crippen LogP contribution is 2.34. The largest absolute Gasteiger partial charge is 0.497 e. The summed E-state index contributed by atoms with van der Waals surface area (Å²) in [4.78, 5) is 11.5. The van der Waals surface area contributed by atoms with Gasteiger partial charge in [0.15, 0.2) is 11.5 Å². The Morgan fingerprint density at radius 1 is 1.00 bits per heavy atom. The minimum Gasteiger partial charge on any atom is -0.497 e. The second-order valence-corrected chi connectivity index (χ2v) is 7.47. The second-order valence-electron chi connectivity index (χ2n) is 7.47. The van der Waals surface area contributed by atoms with Gasteiger partial charge in [0.25, 0.3) is 0 Å². The molecule has 2 heterocycles. The fourth-order valence-electron chi connectivity index (χ4n) is 3.92. The van der Waals surface area contributed by atoms with Gasteiger partial charge in [-0.05, 0) is 23.8 Å². The van der Waals surface area contributed by atoms with Gasteiger partial charge in [0, 0.05) is 31.1 Å². The molecule has 0 aliphatic carbocycles. The Labute approximate surface area is 187 Å². The number of morpholine rings is 1. The van der Waals surface area contributed by atoms with E-state index in [1.165, 1.54) is 5.56 Å². The maximum atomic E-state index is 6.24. The SMILES string of the molecule is COc1ccc(C(CNc2nc(N)c3cc(OC)c(OC)cc3n2)N2CCOCC2)cc1. The minimum atomic E-state index is 0.121. The molecule has 0 saturated carbocycles. The van der Waals surface area contributed by atoms with Crippen molar-refractivity contribution in [1.29, 1.82) is 0 Å². The molecular formula is C23H29N5O4. The van der Waals surface area contributed by atoms with Crippen molar-refractivity contribution in [3.05, 3.63) is 42.0 Å². The van der Waals surface area contributed by atoms with Crippen molar-refractivity contribution in [3.8, 4) is 17.2 Å². The molecule has 0 bridgehead atoms. The van der Waals surface area contributed by atoms with Gasteiger partial charge in [-0.25, -0.2) is 4.98 Å². The number of nitrogens with zero attached hydrogens (tertiary/aromatic N) is 3. The van der Waals surface area contributed by atoms with Crippen LogP contribution in [0.25, 0.3) is 10.9 Å². The van der Waals surface area contributed by atoms with Crippen LogP contribution in [0.15, 0.2) is 36.4 Å². The molecule has 3 N–H and O–H groups in total. The average Bonchev–Trinajstić information content (AvgIpc) is 2.84. The van der Waals surface area contributed by atoms with Crippen LogP contribution in [0.2, 0.25) is 0 Å². The van der Waals surface area contributed by atoms with E-state index < -0.39 is 0 Å². The van der Waals surface area contributed by atoms with Gasteiger partial charge in [0.1, 0.15) is 11.6 Å². The number of anilines is 2. The van der Waals surface area contributed by atoms with Crippen molar-refractivity contribution in [3.63, 3.8) is 0 Å². The Morgan fingerprint density at radius 2 is 1.69 bits per heavy atom. The van der Waals surface area contributed by atoms with Gasteiger partial charge in [-0.15, -0.1) is 0 Å². The predicted molar refractivity (Wildman–Crippen MR) is 124 cm³/mol. The molecule has 1 fully saturated rings. The third kappa shape index (κ3) is 4.63. The number of nitrogen functional groups attached to an aromatic ring is 1. The van der Waals surface area contributed by atoms with Gasteiger partial charge >= 0.3 is 0 Å². The summed E-state index contributed by atoms with van der Waals surface area (Å²) in [5.74, 6) is 2.86. The lowest BCUT2D eigenvalue weighted by Gasteiger charge is -2.35. The lowest BCUT2D eigenvalue weighted by molar-refractivity contribution is 0.0187. The van der Waals surface area contributed by atoms with Gasteiger partial charge in [-0.3, -0.25) is 4.90 Å². The van der Waals surface area contributed by atoms with E-state index in [4.69, 9.17) is 24.7 Å². The monoisotopic (exact) mass is 439 g/mol. The number of aromatic nitrogens is 2. The summed E-state index contributed by atoms with van der Waals surface area (Å²) < 4.78 is 21.6. The Hall–Kier alpha value is -3.30. The quantitative estimate of drug-likeness (QED) is 0.548. The number of methoxy groups -OCH3 is 3. The van der Waals surface area contributed by atoms with Crippen molar-refractivity contribution in [2.75, 3.05) is 65.2 Å². The highest BCUT2D eigenvalue weighted by atomic mass is 16.5. The van der Waals surface area contributed by atoms with Crippen LogP contribution in [0.1, 0.15) is 11.6 Å². The van der Waals surface area contributed by atoms with Gasteiger partial charge < -0.3 is 30.0 Å². The lowest BCUT2D eigenvalue weighted by Crippen LogP contribution is -2.41. The number of hydrogen-bond donors (Lipinski definition) is 2. The molecule has 1 aromatic heterocycles. The van der Waals surface area contributed by atoms with E-state index in [1.54, 1.807) is 33.5 Å². The van der Waals surface area contributed by atoms with Crippen LogP contribution >= 0.6 is 0 Å². The molecule has 32 heavy (non-hydrogen) atoms. The molecule has 0 radical (unpaired) electrons. The predicted octanol–water partition coefficient (Wildman–Crippen LogP) is 2.72. The summed E-state index contributed by atoms with van der Waals surface area (Å²) >= 11 is 0. The standard InChI is InChI=1S/C23H29N5O4/c1-29-16-6-4-15(5-7-16)19(28-8-10-32-11-9-28)14-25-23-26-18-13-21(31-3)20(30-2)12-17(18)22(24)27-23/h4-7,12-13,19H,8-11,14H2,1-3H3,(H3,24,25,26,27). The van der Waals surface area contributed by atoms with E-state index >= 15 is 0 Å². The van der Waals surface area contributed by atoms with Crippen molar-refractivity contribution in [2.24, 2.45) is 0 Å². The molecule has 1 aliphatic rings. The highest BCUT2D eigenvalue weighted by molar-refractivity contribution is 5.91. The summed E-state index contributed by atoms with van der Waals surface area (Å²) in [7, 11) is 4.85. The third-order valence-electron chi connectivity index (χ3n) is 5.67. The first kappa shape index (κ1) is 21.9. The van der Waals surface area contributed by atoms with E-state index in [9.17, 15) is 0 Å². The van der Waals surface area contributed by atoms with Crippen molar-refractivity contribution in [1.82, 2.24) is 14.9 Å². The normalized spacial score (nSPS) is 15.3. The summed E-state index contributed by atoms with van der Waals surface area (Å²) in [6, 6.07) is 11.9. The molecule has 0 spiro atoms. The van der Waals surface area contributed by atoms with Gasteiger partial charge in [-0.1, -0.05) is 12.1 Å². The molecule has 1 aliphatic heterocycles. The fraction of sp³-hybridized carbons (Fsp3) is 0.391. The Balaban J connectivity index is 1.60. The van der Waals surface area contributed by atoms with Gasteiger partial charge in [-0.2, -0.15) is 4.98 Å². The number of nitrogens with two attached hydrogens (primary N) is 1. The second kappa shape index (κ2) is 9.88. The molecule has 170 valence electrons. The van der Waals surface area contributed by atoms with Crippen LogP contribution in [0, 0.1) is 0 Å². The zero-order chi connectivity index (χ0) is 22.5. The first-order valence-electron chi connectivity index (χ1n) is 10.5. The van der Waals surface area contributed by atoms with Crippen LogP contribution in [0.4, 0.5) is 11.8 Å². The number of ether oxygens (including phenoxy) is 4. The molecule has 2 aromatic carbocycles. The number of nitrogens with one attached hydrogen (secondary N) is 1. The molecule has 9 nitrogen and oxygen atoms in total. The smallest absolute Gasteiger partial charge is 0.225 e. The van der Waals surface area contributed by atoms with Crippen LogP contribution in [0.5, 0.6) is 17.2 Å². The minimum absolute atomic E-state index is 0.121. The number of benzene rings is 2. The fourth-order valence-corrected chi connectivity index (χ4v) is 3.92. The number of hydrogen-bond acceptors (Lipinski definition) is 9. The maximum absolute atomic E-state index is 6.24. The first-order chi connectivity index (χ1) is 15.6. The van der Waals surface area contributed by atoms with E-state index in [0.29, 0.717) is 53.9 Å². The summed E-state index contributed by atoms with van der Waals surface area (Å²) in [6.45, 7) is 3.76. The topological polar surface area (TPSA) is 104 Å². The Kier molecular flexibility index (Phi) is 6.77. The number of fused-ring (bicyclic) bond motifs is 1. The van der Waals surface area contributed by atoms with Crippen LogP contribution in [0.3, 0.4) is 0 Å². The first-order valence-corrected chi connectivity index (χ1v) is 10.5. The molecule has 1 unspecified atom stereocenters. The van der Waals surface area contributed by atoms with Crippen molar-refractivity contribution >= 4 is 22.7 Å². The zero-order valence-corrected chi connectivity index (χ0v) is 18.6. The average molecular weight is 440 g/mol. The zero-order valence-electron chi connectivity index (χ0n) is 18.6. The number of rotatable bonds is 8. The van der Waals surface area contributed by atoms with E-state index in [0.717, 1.165) is 18.8 Å². The highest BCUT2D eigenvalue weighted by Gasteiger charge is 2.23. The summed E-state index contributed by atoms with van der Waals surface area (Å²) in [6.07, 6.45) is 0. The third-order valence-corrected chi connectivity index (χ3v) is 5.67. The van der Waals surface area contributed by atoms with E-state index in [1.807, 2.05) is 12.1 Å². The van der Waals surface area contributed by atoms with Gasteiger partial charge in [0.2, 0.25) is 5.95 Å². The van der Waals surface area contributed by atoms with Crippen LogP contribution in [-0.4, -0.2) is 69.0 Å². The molecule has 9 heteroatoms. The van der Waals surface area contributed by atoms with Crippen molar-refractivity contribution < 1.29 is 18.9 Å². The molecule has 1 saturated heterocycles. The molecule has 4 rings (SSSR count). The van der Waals surface area contributed by atoms with Crippen LogP contribution in [-0.2, 0) is 4.74 Å². The van der Waals surface area contributed by atoms with Crippen molar-refractivity contribution in [2.45, 2.75) is 6.04 Å². The lowest BCUT2D eigenvalue weighted by atomic mass is 10.0. The maximum Gasteiger partial charge on any atom is 0.225 e. The molecule has 3 aromatic rings.